The van der Waals surface area contributed by atoms with Crippen molar-refractivity contribution in [3.05, 3.63) is 34.9 Å². The SMILES string of the molecule is C[Si](C)(C)[C@H](O)c1ccc(Cl)cc1. The summed E-state index contributed by atoms with van der Waals surface area (Å²) in [5, 5.41) is 10.7. The molecule has 0 spiro atoms. The van der Waals surface area contributed by atoms with Crippen molar-refractivity contribution in [2.24, 2.45) is 0 Å². The lowest BCUT2D eigenvalue weighted by atomic mass is 10.2. The van der Waals surface area contributed by atoms with Crippen molar-refractivity contribution in [3.8, 4) is 0 Å². The van der Waals surface area contributed by atoms with Crippen LogP contribution in [0.2, 0.25) is 24.7 Å². The lowest BCUT2D eigenvalue weighted by Crippen LogP contribution is -2.30. The summed E-state index contributed by atoms with van der Waals surface area (Å²) in [7, 11) is -1.51. The molecule has 1 rings (SSSR count). The standard InChI is InChI=1S/C10H15ClOSi/c1-13(2,3)10(12)8-4-6-9(11)7-5-8/h4-7,10,12H,1-3H3/t10-/m0/s1. The van der Waals surface area contributed by atoms with Crippen molar-refractivity contribution in [1.82, 2.24) is 0 Å². The molecule has 0 saturated carbocycles. The third-order valence-electron chi connectivity index (χ3n) is 2.01. The van der Waals surface area contributed by atoms with E-state index in [9.17, 15) is 5.11 Å². The summed E-state index contributed by atoms with van der Waals surface area (Å²) >= 11 is 5.76. The van der Waals surface area contributed by atoms with Crippen LogP contribution < -0.4 is 0 Å². The number of rotatable bonds is 2. The molecule has 0 aliphatic carbocycles. The topological polar surface area (TPSA) is 20.2 Å². The van der Waals surface area contributed by atoms with Gasteiger partial charge in [0.25, 0.3) is 0 Å². The first-order valence-electron chi connectivity index (χ1n) is 4.35. The number of aliphatic hydroxyl groups is 1. The Morgan fingerprint density at radius 1 is 1.15 bits per heavy atom. The molecule has 0 aliphatic rings. The van der Waals surface area contributed by atoms with Gasteiger partial charge in [-0.25, -0.2) is 0 Å². The van der Waals surface area contributed by atoms with Gasteiger partial charge in [0.1, 0.15) is 0 Å². The second-order valence-electron chi connectivity index (χ2n) is 4.32. The van der Waals surface area contributed by atoms with Gasteiger partial charge < -0.3 is 5.11 Å². The third kappa shape index (κ3) is 2.83. The molecule has 0 heterocycles. The van der Waals surface area contributed by atoms with Gasteiger partial charge in [-0.05, 0) is 17.7 Å². The number of hydrogen-bond acceptors (Lipinski definition) is 1. The summed E-state index contributed by atoms with van der Waals surface area (Å²) in [5.74, 6) is 0. The molecule has 1 atom stereocenters. The van der Waals surface area contributed by atoms with Crippen molar-refractivity contribution < 1.29 is 5.11 Å². The second-order valence-corrected chi connectivity index (χ2v) is 10.0. The van der Waals surface area contributed by atoms with Crippen LogP contribution in [-0.2, 0) is 0 Å². The Bertz CT molecular complexity index is 276. The van der Waals surface area contributed by atoms with E-state index >= 15 is 0 Å². The number of hydrogen-bond donors (Lipinski definition) is 1. The average molecular weight is 215 g/mol. The fraction of sp³-hybridized carbons (Fsp3) is 0.400. The van der Waals surface area contributed by atoms with E-state index in [1.165, 1.54) is 0 Å². The monoisotopic (exact) mass is 214 g/mol. The van der Waals surface area contributed by atoms with Crippen LogP contribution in [0.3, 0.4) is 0 Å². The minimum Gasteiger partial charge on any atom is -0.392 e. The largest absolute Gasteiger partial charge is 0.392 e. The highest BCUT2D eigenvalue weighted by Gasteiger charge is 2.25. The molecule has 0 saturated heterocycles. The Labute approximate surface area is 85.4 Å². The van der Waals surface area contributed by atoms with E-state index in [4.69, 9.17) is 11.6 Å². The van der Waals surface area contributed by atoms with E-state index in [1.807, 2.05) is 24.3 Å². The van der Waals surface area contributed by atoms with Crippen LogP contribution in [0.25, 0.3) is 0 Å². The number of halogens is 1. The summed E-state index contributed by atoms with van der Waals surface area (Å²) in [6, 6.07) is 7.43. The van der Waals surface area contributed by atoms with Gasteiger partial charge in [0.15, 0.2) is 0 Å². The zero-order valence-corrected chi connectivity index (χ0v) is 9.97. The Balaban J connectivity index is 2.90. The molecule has 13 heavy (non-hydrogen) atoms. The first kappa shape index (κ1) is 10.8. The van der Waals surface area contributed by atoms with Crippen LogP contribution in [0.5, 0.6) is 0 Å². The maximum atomic E-state index is 9.97. The Morgan fingerprint density at radius 3 is 2.00 bits per heavy atom. The first-order chi connectivity index (χ1) is 5.91. The quantitative estimate of drug-likeness (QED) is 0.750. The predicted octanol–water partition coefficient (Wildman–Crippen LogP) is 3.25. The van der Waals surface area contributed by atoms with Crippen molar-refractivity contribution in [2.45, 2.75) is 25.4 Å². The van der Waals surface area contributed by atoms with E-state index in [-0.39, 0.29) is 5.73 Å². The number of benzene rings is 1. The van der Waals surface area contributed by atoms with E-state index in [2.05, 4.69) is 19.6 Å². The lowest BCUT2D eigenvalue weighted by molar-refractivity contribution is 0.250. The minimum absolute atomic E-state index is 0.301. The van der Waals surface area contributed by atoms with Crippen molar-refractivity contribution in [1.29, 1.82) is 0 Å². The molecular formula is C10H15ClOSi. The molecule has 0 aromatic heterocycles. The second kappa shape index (κ2) is 3.82. The van der Waals surface area contributed by atoms with Crippen molar-refractivity contribution in [3.63, 3.8) is 0 Å². The highest BCUT2D eigenvalue weighted by Crippen LogP contribution is 2.24. The van der Waals surface area contributed by atoms with Gasteiger partial charge in [0, 0.05) is 5.02 Å². The minimum atomic E-state index is -1.51. The van der Waals surface area contributed by atoms with Gasteiger partial charge in [0.05, 0.1) is 13.8 Å². The summed E-state index contributed by atoms with van der Waals surface area (Å²) in [5.41, 5.74) is 0.674. The van der Waals surface area contributed by atoms with Crippen LogP contribution in [-0.4, -0.2) is 13.2 Å². The van der Waals surface area contributed by atoms with Gasteiger partial charge >= 0.3 is 0 Å². The van der Waals surface area contributed by atoms with Gasteiger partial charge in [0.2, 0.25) is 0 Å². The van der Waals surface area contributed by atoms with Gasteiger partial charge in [-0.3, -0.25) is 0 Å². The molecule has 1 aromatic rings. The summed E-state index contributed by atoms with van der Waals surface area (Å²) in [4.78, 5) is 0. The highest BCUT2D eigenvalue weighted by molar-refractivity contribution is 6.77. The summed E-state index contributed by atoms with van der Waals surface area (Å²) < 4.78 is 0. The molecule has 72 valence electrons. The molecule has 1 nitrogen and oxygen atoms in total. The van der Waals surface area contributed by atoms with Crippen LogP contribution in [0.15, 0.2) is 24.3 Å². The van der Waals surface area contributed by atoms with Crippen LogP contribution in [0, 0.1) is 0 Å². The highest BCUT2D eigenvalue weighted by atomic mass is 35.5. The first-order valence-corrected chi connectivity index (χ1v) is 8.30. The molecular weight excluding hydrogens is 200 g/mol. The molecule has 0 unspecified atom stereocenters. The van der Waals surface area contributed by atoms with Crippen LogP contribution in [0.1, 0.15) is 11.3 Å². The normalized spacial score (nSPS) is 14.2. The smallest absolute Gasteiger partial charge is 0.0838 e. The molecule has 0 fully saturated rings. The van der Waals surface area contributed by atoms with Gasteiger partial charge in [-0.2, -0.15) is 0 Å². The summed E-state index contributed by atoms with van der Waals surface area (Å²) in [6.45, 7) is 6.44. The number of aliphatic hydroxyl groups excluding tert-OH is 1. The predicted molar refractivity (Wildman–Crippen MR) is 59.8 cm³/mol. The molecule has 1 N–H and O–H groups in total. The van der Waals surface area contributed by atoms with Gasteiger partial charge in [-0.1, -0.05) is 43.4 Å². The molecule has 0 amide bonds. The van der Waals surface area contributed by atoms with Crippen molar-refractivity contribution >= 4 is 19.7 Å². The Morgan fingerprint density at radius 2 is 1.62 bits per heavy atom. The zero-order valence-electron chi connectivity index (χ0n) is 8.21. The fourth-order valence-corrected chi connectivity index (χ4v) is 2.46. The van der Waals surface area contributed by atoms with E-state index in [1.54, 1.807) is 0 Å². The summed E-state index contributed by atoms with van der Waals surface area (Å²) in [6.07, 6.45) is 0. The zero-order chi connectivity index (χ0) is 10.1. The molecule has 0 aliphatic heterocycles. The van der Waals surface area contributed by atoms with E-state index < -0.39 is 8.07 Å². The van der Waals surface area contributed by atoms with Crippen molar-refractivity contribution in [2.75, 3.05) is 0 Å². The Kier molecular flexibility index (Phi) is 3.17. The maximum Gasteiger partial charge on any atom is 0.0838 e. The average Bonchev–Trinajstić information content (AvgIpc) is 2.03. The van der Waals surface area contributed by atoms with Gasteiger partial charge in [-0.15, -0.1) is 0 Å². The molecule has 3 heteroatoms. The van der Waals surface area contributed by atoms with E-state index in [0.717, 1.165) is 5.56 Å². The lowest BCUT2D eigenvalue weighted by Gasteiger charge is -2.23. The molecule has 0 bridgehead atoms. The van der Waals surface area contributed by atoms with E-state index in [0.29, 0.717) is 5.02 Å². The molecule has 1 aromatic carbocycles. The van der Waals surface area contributed by atoms with Crippen LogP contribution >= 0.6 is 11.6 Å². The third-order valence-corrected chi connectivity index (χ3v) is 4.23. The van der Waals surface area contributed by atoms with Crippen LogP contribution in [0.4, 0.5) is 0 Å². The Hall–Kier alpha value is -0.313. The molecule has 0 radical (unpaired) electrons. The fourth-order valence-electron chi connectivity index (χ4n) is 1.15. The maximum absolute atomic E-state index is 9.97.